The van der Waals surface area contributed by atoms with Crippen molar-refractivity contribution >= 4 is 11.6 Å². The smallest absolute Gasteiger partial charge is 0.125 e. The van der Waals surface area contributed by atoms with Gasteiger partial charge in [-0.05, 0) is 49.7 Å². The van der Waals surface area contributed by atoms with Crippen LogP contribution in [0.3, 0.4) is 0 Å². The zero-order valence-electron chi connectivity index (χ0n) is 10.8. The van der Waals surface area contributed by atoms with Gasteiger partial charge in [-0.3, -0.25) is 4.90 Å². The lowest BCUT2D eigenvalue weighted by Crippen LogP contribution is -2.37. The Morgan fingerprint density at radius 3 is 2.89 bits per heavy atom. The van der Waals surface area contributed by atoms with Gasteiger partial charge in [0.15, 0.2) is 0 Å². The first-order chi connectivity index (χ1) is 8.67. The van der Waals surface area contributed by atoms with E-state index < -0.39 is 0 Å². The molecule has 1 unspecified atom stereocenters. The fourth-order valence-electron chi connectivity index (χ4n) is 2.49. The van der Waals surface area contributed by atoms with Crippen molar-refractivity contribution in [2.24, 2.45) is 0 Å². The molecule has 2 nitrogen and oxygen atoms in total. The third-order valence-electron chi connectivity index (χ3n) is 3.42. The van der Waals surface area contributed by atoms with E-state index in [2.05, 4.69) is 17.1 Å². The molecule has 0 spiro atoms. The Bertz CT molecular complexity index is 371. The Hall–Kier alpha value is -0.640. The summed E-state index contributed by atoms with van der Waals surface area (Å²) in [6.07, 6.45) is 2.49. The molecule has 1 fully saturated rings. The van der Waals surface area contributed by atoms with E-state index in [0.717, 1.165) is 31.7 Å². The fraction of sp³-hybridized carbons (Fsp3) is 0.571. The molecule has 1 aromatic rings. The summed E-state index contributed by atoms with van der Waals surface area (Å²) >= 11 is 5.88. The predicted molar refractivity (Wildman–Crippen MR) is 73.4 cm³/mol. The quantitative estimate of drug-likeness (QED) is 0.885. The lowest BCUT2D eigenvalue weighted by molar-refractivity contribution is 0.253. The number of benzene rings is 1. The minimum atomic E-state index is -0.257. The number of halogens is 2. The molecule has 100 valence electrons. The molecule has 1 aliphatic heterocycles. The second kappa shape index (κ2) is 6.50. The van der Waals surface area contributed by atoms with Gasteiger partial charge in [-0.1, -0.05) is 18.5 Å². The lowest BCUT2D eigenvalue weighted by atomic mass is 10.1. The largest absolute Gasteiger partial charge is 0.313 e. The van der Waals surface area contributed by atoms with Crippen LogP contribution in [0.5, 0.6) is 0 Å². The van der Waals surface area contributed by atoms with E-state index >= 15 is 0 Å². The molecular formula is C14H20ClFN2. The fourth-order valence-corrected chi connectivity index (χ4v) is 2.73. The highest BCUT2D eigenvalue weighted by Crippen LogP contribution is 2.16. The number of likely N-dealkylation sites (N-methyl/N-ethyl adjacent to an activating group) is 1. The van der Waals surface area contributed by atoms with Gasteiger partial charge in [0.1, 0.15) is 5.82 Å². The topological polar surface area (TPSA) is 15.3 Å². The zero-order valence-corrected chi connectivity index (χ0v) is 11.5. The minimum absolute atomic E-state index is 0.257. The highest BCUT2D eigenvalue weighted by molar-refractivity contribution is 6.30. The summed E-state index contributed by atoms with van der Waals surface area (Å²) in [4.78, 5) is 2.33. The monoisotopic (exact) mass is 270 g/mol. The highest BCUT2D eigenvalue weighted by atomic mass is 35.5. The predicted octanol–water partition coefficient (Wildman–Crippen LogP) is 3.05. The van der Waals surface area contributed by atoms with E-state index in [1.54, 1.807) is 6.07 Å². The van der Waals surface area contributed by atoms with Crippen LogP contribution in [0.15, 0.2) is 18.2 Å². The van der Waals surface area contributed by atoms with Crippen LogP contribution in [0.2, 0.25) is 5.02 Å². The summed E-state index contributed by atoms with van der Waals surface area (Å²) in [5, 5.41) is 3.96. The number of nitrogens with zero attached hydrogens (tertiary/aromatic N) is 1. The molecular weight excluding hydrogens is 251 g/mol. The molecule has 0 aliphatic carbocycles. The average Bonchev–Trinajstić information content (AvgIpc) is 2.79. The highest BCUT2D eigenvalue weighted by Gasteiger charge is 2.17. The van der Waals surface area contributed by atoms with E-state index in [0.29, 0.717) is 11.1 Å². The second-order valence-corrected chi connectivity index (χ2v) is 5.34. The van der Waals surface area contributed by atoms with E-state index in [1.807, 2.05) is 6.07 Å². The van der Waals surface area contributed by atoms with Crippen LogP contribution in [0.25, 0.3) is 0 Å². The molecule has 0 saturated carbocycles. The van der Waals surface area contributed by atoms with Gasteiger partial charge in [-0.2, -0.15) is 0 Å². The third-order valence-corrected chi connectivity index (χ3v) is 3.63. The van der Waals surface area contributed by atoms with Crippen LogP contribution in [0.1, 0.15) is 25.3 Å². The second-order valence-electron chi connectivity index (χ2n) is 4.90. The van der Waals surface area contributed by atoms with Crippen LogP contribution in [-0.4, -0.2) is 30.6 Å². The Kier molecular flexibility index (Phi) is 4.98. The zero-order chi connectivity index (χ0) is 13.0. The summed E-state index contributed by atoms with van der Waals surface area (Å²) in [5.41, 5.74) is 0.944. The molecule has 1 atom stereocenters. The van der Waals surface area contributed by atoms with Gasteiger partial charge in [-0.25, -0.2) is 4.39 Å². The Labute approximate surface area is 113 Å². The van der Waals surface area contributed by atoms with Crippen LogP contribution in [0, 0.1) is 5.82 Å². The first-order valence-electron chi connectivity index (χ1n) is 6.58. The van der Waals surface area contributed by atoms with E-state index in [1.165, 1.54) is 18.9 Å². The summed E-state index contributed by atoms with van der Waals surface area (Å²) < 4.78 is 13.3. The maximum absolute atomic E-state index is 13.3. The summed E-state index contributed by atoms with van der Waals surface area (Å²) in [5.74, 6) is -0.257. The Morgan fingerprint density at radius 2 is 2.28 bits per heavy atom. The van der Waals surface area contributed by atoms with Gasteiger partial charge < -0.3 is 5.32 Å². The van der Waals surface area contributed by atoms with Gasteiger partial charge >= 0.3 is 0 Å². The van der Waals surface area contributed by atoms with Crippen molar-refractivity contribution < 1.29 is 4.39 Å². The van der Waals surface area contributed by atoms with Crippen LogP contribution in [-0.2, 0) is 6.54 Å². The van der Waals surface area contributed by atoms with E-state index in [9.17, 15) is 4.39 Å². The van der Waals surface area contributed by atoms with Crippen molar-refractivity contribution in [2.45, 2.75) is 32.4 Å². The van der Waals surface area contributed by atoms with E-state index in [-0.39, 0.29) is 5.82 Å². The first-order valence-corrected chi connectivity index (χ1v) is 6.96. The summed E-state index contributed by atoms with van der Waals surface area (Å²) in [7, 11) is 0. The van der Waals surface area contributed by atoms with Gasteiger partial charge in [0, 0.05) is 24.2 Å². The summed E-state index contributed by atoms with van der Waals surface area (Å²) in [6, 6.07) is 5.33. The first kappa shape index (κ1) is 13.8. The molecule has 1 aliphatic rings. The number of rotatable bonds is 5. The standard InChI is InChI=1S/C14H20ClFN2/c1-2-18(10-14-4-3-5-17-14)9-11-6-12(15)8-13(16)7-11/h6-8,14,17H,2-5,9-10H2,1H3. The van der Waals surface area contributed by atoms with Crippen molar-refractivity contribution in [3.8, 4) is 0 Å². The van der Waals surface area contributed by atoms with Crippen molar-refractivity contribution in [3.63, 3.8) is 0 Å². The number of nitrogens with one attached hydrogen (secondary N) is 1. The molecule has 1 aromatic carbocycles. The Morgan fingerprint density at radius 1 is 1.44 bits per heavy atom. The number of hydrogen-bond acceptors (Lipinski definition) is 2. The van der Waals surface area contributed by atoms with Crippen molar-refractivity contribution in [3.05, 3.63) is 34.6 Å². The van der Waals surface area contributed by atoms with Crippen LogP contribution >= 0.6 is 11.6 Å². The maximum Gasteiger partial charge on any atom is 0.125 e. The van der Waals surface area contributed by atoms with Crippen molar-refractivity contribution in [2.75, 3.05) is 19.6 Å². The molecule has 0 radical (unpaired) electrons. The molecule has 1 heterocycles. The molecule has 1 N–H and O–H groups in total. The lowest BCUT2D eigenvalue weighted by Gasteiger charge is -2.24. The third kappa shape index (κ3) is 3.94. The minimum Gasteiger partial charge on any atom is -0.313 e. The normalized spacial score (nSPS) is 19.7. The molecule has 0 bridgehead atoms. The molecule has 4 heteroatoms. The molecule has 0 aromatic heterocycles. The molecule has 1 saturated heterocycles. The SMILES string of the molecule is CCN(Cc1cc(F)cc(Cl)c1)CC1CCCN1. The number of hydrogen-bond donors (Lipinski definition) is 1. The molecule has 18 heavy (non-hydrogen) atoms. The van der Waals surface area contributed by atoms with Gasteiger partial charge in [0.2, 0.25) is 0 Å². The van der Waals surface area contributed by atoms with Gasteiger partial charge in [-0.15, -0.1) is 0 Å². The Balaban J connectivity index is 1.95. The van der Waals surface area contributed by atoms with Gasteiger partial charge in [0.25, 0.3) is 0 Å². The van der Waals surface area contributed by atoms with Gasteiger partial charge in [0.05, 0.1) is 0 Å². The average molecular weight is 271 g/mol. The van der Waals surface area contributed by atoms with Crippen molar-refractivity contribution in [1.82, 2.24) is 10.2 Å². The molecule has 2 rings (SSSR count). The molecule has 0 amide bonds. The van der Waals surface area contributed by atoms with Crippen LogP contribution in [0.4, 0.5) is 4.39 Å². The van der Waals surface area contributed by atoms with E-state index in [4.69, 9.17) is 11.6 Å². The van der Waals surface area contributed by atoms with Crippen LogP contribution < -0.4 is 5.32 Å². The van der Waals surface area contributed by atoms with Crippen molar-refractivity contribution in [1.29, 1.82) is 0 Å². The summed E-state index contributed by atoms with van der Waals surface area (Å²) in [6.45, 7) is 5.99. The maximum atomic E-state index is 13.3.